The lowest BCUT2D eigenvalue weighted by atomic mass is 10.5. The van der Waals surface area contributed by atoms with Crippen LogP contribution in [0.3, 0.4) is 0 Å². The predicted molar refractivity (Wildman–Crippen MR) is 39.8 cm³/mol. The van der Waals surface area contributed by atoms with Gasteiger partial charge in [0.1, 0.15) is 0 Å². The van der Waals surface area contributed by atoms with Gasteiger partial charge in [-0.15, -0.1) is 13.2 Å². The highest BCUT2D eigenvalue weighted by Gasteiger charge is 2.32. The number of halogens is 4. The maximum absolute atomic E-state index is 11.6. The summed E-state index contributed by atoms with van der Waals surface area (Å²) in [5.41, 5.74) is 0. The van der Waals surface area contributed by atoms with E-state index in [0.717, 1.165) is 12.1 Å². The average molecular weight is 258 g/mol. The SMILES string of the molecule is [O-][n+]1cc(OC(F)(F)F)ccc1Br. The molecule has 0 aromatic carbocycles. The van der Waals surface area contributed by atoms with Crippen LogP contribution in [0.4, 0.5) is 13.2 Å². The summed E-state index contributed by atoms with van der Waals surface area (Å²) < 4.78 is 38.7. The summed E-state index contributed by atoms with van der Waals surface area (Å²) in [6.45, 7) is 0. The van der Waals surface area contributed by atoms with E-state index in [-0.39, 0.29) is 9.33 Å². The first-order valence-corrected chi connectivity index (χ1v) is 3.82. The number of alkyl halides is 3. The van der Waals surface area contributed by atoms with Gasteiger partial charge in [-0.2, -0.15) is 4.73 Å². The Labute approximate surface area is 79.5 Å². The number of aromatic nitrogens is 1. The fourth-order valence-corrected chi connectivity index (χ4v) is 0.873. The molecule has 0 bridgehead atoms. The van der Waals surface area contributed by atoms with Crippen molar-refractivity contribution in [3.8, 4) is 5.75 Å². The minimum atomic E-state index is -4.78. The molecular weight excluding hydrogens is 255 g/mol. The first kappa shape index (κ1) is 10.1. The van der Waals surface area contributed by atoms with E-state index in [4.69, 9.17) is 0 Å². The maximum Gasteiger partial charge on any atom is 0.573 e. The highest BCUT2D eigenvalue weighted by molar-refractivity contribution is 9.10. The lowest BCUT2D eigenvalue weighted by Crippen LogP contribution is -2.28. The first-order valence-electron chi connectivity index (χ1n) is 3.03. The third-order valence-corrected chi connectivity index (χ3v) is 1.69. The normalized spacial score (nSPS) is 11.4. The van der Waals surface area contributed by atoms with Crippen LogP contribution in [0.15, 0.2) is 22.9 Å². The number of rotatable bonds is 1. The van der Waals surface area contributed by atoms with Crippen LogP contribution in [-0.4, -0.2) is 6.36 Å². The second kappa shape index (κ2) is 3.41. The van der Waals surface area contributed by atoms with Crippen molar-refractivity contribution in [3.63, 3.8) is 0 Å². The van der Waals surface area contributed by atoms with Crippen molar-refractivity contribution < 1.29 is 22.6 Å². The Balaban J connectivity index is 2.86. The summed E-state index contributed by atoms with van der Waals surface area (Å²) >= 11 is 2.82. The Morgan fingerprint density at radius 1 is 1.38 bits per heavy atom. The summed E-state index contributed by atoms with van der Waals surface area (Å²) in [5, 5.41) is 10.7. The van der Waals surface area contributed by atoms with Gasteiger partial charge in [0.25, 0.3) is 4.60 Å². The molecule has 0 unspecified atom stereocenters. The number of pyridine rings is 1. The third-order valence-electron chi connectivity index (χ3n) is 1.07. The second-order valence-corrected chi connectivity index (χ2v) is 2.87. The van der Waals surface area contributed by atoms with Gasteiger partial charge >= 0.3 is 6.36 Å². The molecule has 0 saturated heterocycles. The first-order chi connectivity index (χ1) is 5.88. The van der Waals surface area contributed by atoms with E-state index in [2.05, 4.69) is 20.7 Å². The molecule has 7 heteroatoms. The summed E-state index contributed by atoms with van der Waals surface area (Å²) in [5.74, 6) is -0.550. The number of hydrogen-bond acceptors (Lipinski definition) is 2. The average Bonchev–Trinajstić information content (AvgIpc) is 1.94. The molecule has 0 atom stereocenters. The molecule has 0 saturated carbocycles. The summed E-state index contributed by atoms with van der Waals surface area (Å²) in [7, 11) is 0. The van der Waals surface area contributed by atoms with E-state index in [9.17, 15) is 18.4 Å². The van der Waals surface area contributed by atoms with Crippen molar-refractivity contribution in [1.82, 2.24) is 0 Å². The van der Waals surface area contributed by atoms with Gasteiger partial charge in [-0.1, -0.05) is 0 Å². The fourth-order valence-electron chi connectivity index (χ4n) is 0.639. The molecule has 1 heterocycles. The molecule has 1 rings (SSSR count). The Bertz CT molecular complexity index is 315. The zero-order valence-electron chi connectivity index (χ0n) is 6.01. The standard InChI is InChI=1S/C6H3BrF3NO2/c7-5-2-1-4(3-11(5)12)13-6(8,9)10/h1-3H. The van der Waals surface area contributed by atoms with Crippen LogP contribution in [0.25, 0.3) is 0 Å². The minimum absolute atomic E-state index is 0.113. The lowest BCUT2D eigenvalue weighted by molar-refractivity contribution is -0.618. The molecule has 13 heavy (non-hydrogen) atoms. The molecule has 0 radical (unpaired) electrons. The van der Waals surface area contributed by atoms with Gasteiger partial charge in [0.2, 0.25) is 6.20 Å². The van der Waals surface area contributed by atoms with Gasteiger partial charge in [-0.3, -0.25) is 0 Å². The molecule has 1 aromatic heterocycles. The molecular formula is C6H3BrF3NO2. The molecule has 0 aliphatic rings. The van der Waals surface area contributed by atoms with E-state index in [1.165, 1.54) is 0 Å². The Kier molecular flexibility index (Phi) is 2.65. The summed E-state index contributed by atoms with van der Waals surface area (Å²) in [6, 6.07) is 2.19. The predicted octanol–water partition coefficient (Wildman–Crippen LogP) is 1.98. The van der Waals surface area contributed by atoms with Crippen LogP contribution < -0.4 is 9.47 Å². The van der Waals surface area contributed by atoms with Crippen molar-refractivity contribution in [2.75, 3.05) is 0 Å². The maximum atomic E-state index is 11.6. The minimum Gasteiger partial charge on any atom is -0.618 e. The summed E-state index contributed by atoms with van der Waals surface area (Å²) in [6.07, 6.45) is -4.10. The molecule has 0 spiro atoms. The quantitative estimate of drug-likeness (QED) is 0.438. The van der Waals surface area contributed by atoms with Gasteiger partial charge in [0, 0.05) is 22.0 Å². The molecule has 3 nitrogen and oxygen atoms in total. The van der Waals surface area contributed by atoms with Crippen molar-refractivity contribution in [1.29, 1.82) is 0 Å². The Morgan fingerprint density at radius 2 is 2.00 bits per heavy atom. The summed E-state index contributed by atoms with van der Waals surface area (Å²) in [4.78, 5) is 0. The lowest BCUT2D eigenvalue weighted by Gasteiger charge is -2.07. The van der Waals surface area contributed by atoms with Gasteiger partial charge in [-0.25, -0.2) is 0 Å². The van der Waals surface area contributed by atoms with Crippen molar-refractivity contribution in [2.24, 2.45) is 0 Å². The van der Waals surface area contributed by atoms with Crippen LogP contribution >= 0.6 is 15.9 Å². The van der Waals surface area contributed by atoms with Gasteiger partial charge in [0.05, 0.1) is 0 Å². The smallest absolute Gasteiger partial charge is 0.573 e. The van der Waals surface area contributed by atoms with E-state index in [0.29, 0.717) is 6.20 Å². The van der Waals surface area contributed by atoms with E-state index in [1.807, 2.05) is 0 Å². The molecule has 0 aliphatic carbocycles. The molecule has 1 aromatic rings. The van der Waals surface area contributed by atoms with E-state index < -0.39 is 12.1 Å². The van der Waals surface area contributed by atoms with E-state index in [1.54, 1.807) is 0 Å². The topological polar surface area (TPSA) is 36.2 Å². The van der Waals surface area contributed by atoms with Gasteiger partial charge in [0.15, 0.2) is 5.75 Å². The zero-order valence-corrected chi connectivity index (χ0v) is 7.59. The van der Waals surface area contributed by atoms with Gasteiger partial charge < -0.3 is 9.94 Å². The molecule has 0 fully saturated rings. The Morgan fingerprint density at radius 3 is 2.46 bits per heavy atom. The number of ether oxygens (including phenoxy) is 1. The van der Waals surface area contributed by atoms with Crippen LogP contribution in [0.5, 0.6) is 5.75 Å². The monoisotopic (exact) mass is 257 g/mol. The molecule has 0 amide bonds. The second-order valence-electron chi connectivity index (χ2n) is 2.06. The van der Waals surface area contributed by atoms with Crippen LogP contribution in [0.2, 0.25) is 0 Å². The molecule has 72 valence electrons. The highest BCUT2D eigenvalue weighted by Crippen LogP contribution is 2.21. The molecule has 0 aliphatic heterocycles. The largest absolute Gasteiger partial charge is 0.618 e. The zero-order chi connectivity index (χ0) is 10.1. The fraction of sp³-hybridized carbons (Fsp3) is 0.167. The number of hydrogen-bond donors (Lipinski definition) is 0. The van der Waals surface area contributed by atoms with Crippen molar-refractivity contribution in [2.45, 2.75) is 6.36 Å². The Hall–Kier alpha value is -0.980. The van der Waals surface area contributed by atoms with Crippen LogP contribution in [-0.2, 0) is 0 Å². The van der Waals surface area contributed by atoms with Crippen molar-refractivity contribution >= 4 is 15.9 Å². The van der Waals surface area contributed by atoms with Gasteiger partial charge in [-0.05, 0) is 6.07 Å². The van der Waals surface area contributed by atoms with Crippen molar-refractivity contribution in [3.05, 3.63) is 28.1 Å². The molecule has 0 N–H and O–H groups in total. The number of nitrogens with zero attached hydrogens (tertiary/aromatic N) is 1. The van der Waals surface area contributed by atoms with Crippen LogP contribution in [0, 0.1) is 5.21 Å². The third kappa shape index (κ3) is 3.10. The van der Waals surface area contributed by atoms with E-state index >= 15 is 0 Å². The highest BCUT2D eigenvalue weighted by atomic mass is 79.9. The van der Waals surface area contributed by atoms with Crippen LogP contribution in [0.1, 0.15) is 0 Å².